The van der Waals surface area contributed by atoms with Crippen LogP contribution in [0.1, 0.15) is 39.5 Å². The van der Waals surface area contributed by atoms with Crippen molar-refractivity contribution in [2.24, 2.45) is 11.7 Å². The van der Waals surface area contributed by atoms with E-state index in [0.29, 0.717) is 32.2 Å². The van der Waals surface area contributed by atoms with Gasteiger partial charge in [-0.25, -0.2) is 0 Å². The highest BCUT2D eigenvalue weighted by molar-refractivity contribution is 7.53. The summed E-state index contributed by atoms with van der Waals surface area (Å²) in [5.74, 6) is -0.626. The molecule has 1 amide bonds. The van der Waals surface area contributed by atoms with Crippen LogP contribution in [0.5, 0.6) is 0 Å². The van der Waals surface area contributed by atoms with Gasteiger partial charge in [-0.1, -0.05) is 13.8 Å². The van der Waals surface area contributed by atoms with E-state index in [1.165, 1.54) is 0 Å². The number of rotatable bonds is 5. The number of primary amides is 1. The smallest absolute Gasteiger partial charge is 0.331 e. The van der Waals surface area contributed by atoms with E-state index < -0.39 is 24.7 Å². The molecule has 1 heterocycles. The lowest BCUT2D eigenvalue weighted by atomic mass is 9.78. The summed E-state index contributed by atoms with van der Waals surface area (Å²) < 4.78 is 11.8. The molecule has 0 spiro atoms. The molecular weight excluding hydrogens is 255 g/mol. The highest BCUT2D eigenvalue weighted by Gasteiger charge is 2.51. The third-order valence-corrected chi connectivity index (χ3v) is 6.47. The molecule has 1 saturated heterocycles. The number of amides is 1. The van der Waals surface area contributed by atoms with E-state index in [9.17, 15) is 19.1 Å². The van der Waals surface area contributed by atoms with Crippen molar-refractivity contribution in [3.63, 3.8) is 0 Å². The minimum Gasteiger partial charge on any atom is -0.368 e. The van der Waals surface area contributed by atoms with Crippen LogP contribution in [0.3, 0.4) is 0 Å². The second-order valence-electron chi connectivity index (χ2n) is 4.99. The predicted octanol–water partition coefficient (Wildman–Crippen LogP) is 0.576. The first-order chi connectivity index (χ1) is 8.28. The van der Waals surface area contributed by atoms with Crippen LogP contribution in [0.2, 0.25) is 0 Å². The van der Waals surface area contributed by atoms with Crippen molar-refractivity contribution in [1.29, 1.82) is 0 Å². The summed E-state index contributed by atoms with van der Waals surface area (Å²) in [7, 11) is -4.21. The molecule has 1 rings (SSSR count). The second-order valence-corrected chi connectivity index (χ2v) is 6.96. The zero-order valence-electron chi connectivity index (χ0n) is 10.9. The molecule has 106 valence electrons. The summed E-state index contributed by atoms with van der Waals surface area (Å²) in [6.45, 7) is 4.16. The Balaban J connectivity index is 3.00. The van der Waals surface area contributed by atoms with Crippen molar-refractivity contribution >= 4 is 13.5 Å². The standard InChI is InChI=1S/C11H23N2O4P/c1-3-11(4-2,18(15,16)17)8-5-6-13-9(7-8)10(12)14/h8-9,13H,3-7H2,1-2H3,(H2,12,14)(H2,15,16,17)/t8-,9+/m0/s1. The maximum Gasteiger partial charge on any atom is 0.331 e. The first-order valence-corrected chi connectivity index (χ1v) is 7.98. The molecule has 0 aliphatic carbocycles. The number of nitrogens with one attached hydrogen (secondary N) is 1. The van der Waals surface area contributed by atoms with Crippen LogP contribution in [0.15, 0.2) is 0 Å². The zero-order valence-corrected chi connectivity index (χ0v) is 11.8. The molecule has 6 nitrogen and oxygen atoms in total. The van der Waals surface area contributed by atoms with Gasteiger partial charge in [0.1, 0.15) is 0 Å². The Kier molecular flexibility index (Phi) is 4.95. The fraction of sp³-hybridized carbons (Fsp3) is 0.909. The van der Waals surface area contributed by atoms with Crippen LogP contribution in [0, 0.1) is 5.92 Å². The molecule has 5 N–H and O–H groups in total. The van der Waals surface area contributed by atoms with E-state index in [0.717, 1.165) is 0 Å². The third-order valence-electron chi connectivity index (χ3n) is 4.31. The van der Waals surface area contributed by atoms with Gasteiger partial charge in [-0.2, -0.15) is 0 Å². The fourth-order valence-corrected chi connectivity index (χ4v) is 4.63. The van der Waals surface area contributed by atoms with Crippen LogP contribution < -0.4 is 11.1 Å². The predicted molar refractivity (Wildman–Crippen MR) is 69.1 cm³/mol. The average molecular weight is 278 g/mol. The van der Waals surface area contributed by atoms with E-state index in [-0.39, 0.29) is 5.92 Å². The number of piperidine rings is 1. The van der Waals surface area contributed by atoms with E-state index in [1.54, 1.807) is 13.8 Å². The Morgan fingerprint density at radius 3 is 2.39 bits per heavy atom. The molecule has 2 atom stereocenters. The van der Waals surface area contributed by atoms with Gasteiger partial charge in [-0.15, -0.1) is 0 Å². The molecule has 0 aromatic rings. The van der Waals surface area contributed by atoms with Gasteiger partial charge in [-0.05, 0) is 38.1 Å². The maximum absolute atomic E-state index is 11.8. The summed E-state index contributed by atoms with van der Waals surface area (Å²) in [5.41, 5.74) is 5.27. The normalized spacial score (nSPS) is 26.0. The highest BCUT2D eigenvalue weighted by Crippen LogP contribution is 2.60. The van der Waals surface area contributed by atoms with Gasteiger partial charge >= 0.3 is 7.60 Å². The molecule has 1 fully saturated rings. The topological polar surface area (TPSA) is 113 Å². The SMILES string of the molecule is CCC(CC)([C@H]1CCN[C@@H](C(N)=O)C1)P(=O)(O)O. The molecule has 0 bridgehead atoms. The lowest BCUT2D eigenvalue weighted by molar-refractivity contribution is -0.121. The molecule has 18 heavy (non-hydrogen) atoms. The maximum atomic E-state index is 11.8. The van der Waals surface area contributed by atoms with Crippen molar-refractivity contribution in [3.05, 3.63) is 0 Å². The van der Waals surface area contributed by atoms with Crippen LogP contribution in [-0.4, -0.2) is 33.4 Å². The monoisotopic (exact) mass is 278 g/mol. The third kappa shape index (κ3) is 2.77. The first kappa shape index (κ1) is 15.6. The Bertz CT molecular complexity index is 351. The van der Waals surface area contributed by atoms with Gasteiger partial charge < -0.3 is 20.8 Å². The second kappa shape index (κ2) is 5.70. The molecule has 0 aromatic carbocycles. The molecule has 1 aliphatic rings. The Morgan fingerprint density at radius 2 is 2.00 bits per heavy atom. The lowest BCUT2D eigenvalue weighted by Gasteiger charge is -2.43. The largest absolute Gasteiger partial charge is 0.368 e. The van der Waals surface area contributed by atoms with Gasteiger partial charge in [0.2, 0.25) is 5.91 Å². The van der Waals surface area contributed by atoms with Crippen molar-refractivity contribution < 1.29 is 19.1 Å². The van der Waals surface area contributed by atoms with Gasteiger partial charge in [0.25, 0.3) is 0 Å². The van der Waals surface area contributed by atoms with E-state index >= 15 is 0 Å². The van der Waals surface area contributed by atoms with Crippen LogP contribution in [0.4, 0.5) is 0 Å². The summed E-state index contributed by atoms with van der Waals surface area (Å²) in [6.07, 6.45) is 1.88. The number of carbonyl (C=O) groups excluding carboxylic acids is 1. The Hall–Kier alpha value is -0.420. The average Bonchev–Trinajstić information content (AvgIpc) is 2.30. The molecule has 0 unspecified atom stereocenters. The van der Waals surface area contributed by atoms with E-state index in [1.807, 2.05) is 0 Å². The van der Waals surface area contributed by atoms with Crippen molar-refractivity contribution in [3.8, 4) is 0 Å². The van der Waals surface area contributed by atoms with Gasteiger partial charge in [0, 0.05) is 0 Å². The minimum absolute atomic E-state index is 0.174. The van der Waals surface area contributed by atoms with Crippen LogP contribution in [0.25, 0.3) is 0 Å². The van der Waals surface area contributed by atoms with Crippen molar-refractivity contribution in [1.82, 2.24) is 5.32 Å². The van der Waals surface area contributed by atoms with Crippen molar-refractivity contribution in [2.45, 2.75) is 50.7 Å². The number of hydrogen-bond acceptors (Lipinski definition) is 3. The molecule has 1 aliphatic heterocycles. The minimum atomic E-state index is -4.21. The molecule has 0 saturated carbocycles. The molecule has 0 radical (unpaired) electrons. The zero-order chi connectivity index (χ0) is 14.0. The summed E-state index contributed by atoms with van der Waals surface area (Å²) in [4.78, 5) is 30.6. The van der Waals surface area contributed by atoms with E-state index in [2.05, 4.69) is 5.32 Å². The quantitative estimate of drug-likeness (QED) is 0.549. The fourth-order valence-electron chi connectivity index (χ4n) is 3.10. The number of carbonyl (C=O) groups is 1. The molecular formula is C11H23N2O4P. The number of hydrogen-bond donors (Lipinski definition) is 4. The van der Waals surface area contributed by atoms with E-state index in [4.69, 9.17) is 5.73 Å². The van der Waals surface area contributed by atoms with Gasteiger partial charge in [0.05, 0.1) is 11.2 Å². The molecule has 7 heteroatoms. The van der Waals surface area contributed by atoms with Gasteiger partial charge in [-0.3, -0.25) is 9.36 Å². The highest BCUT2D eigenvalue weighted by atomic mass is 31.2. The summed E-state index contributed by atoms with van der Waals surface area (Å²) >= 11 is 0. The van der Waals surface area contributed by atoms with Crippen LogP contribution in [-0.2, 0) is 9.36 Å². The summed E-state index contributed by atoms with van der Waals surface area (Å²) in [5, 5.41) is 1.97. The number of nitrogens with two attached hydrogens (primary N) is 1. The Morgan fingerprint density at radius 1 is 1.44 bits per heavy atom. The summed E-state index contributed by atoms with van der Waals surface area (Å²) in [6, 6.07) is -0.479. The lowest BCUT2D eigenvalue weighted by Crippen LogP contribution is -2.51. The Labute approximate surface area is 107 Å². The molecule has 0 aromatic heterocycles. The van der Waals surface area contributed by atoms with Crippen LogP contribution >= 0.6 is 7.60 Å². The first-order valence-electron chi connectivity index (χ1n) is 6.36. The van der Waals surface area contributed by atoms with Gasteiger partial charge in [0.15, 0.2) is 0 Å². The van der Waals surface area contributed by atoms with Crippen molar-refractivity contribution in [2.75, 3.05) is 6.54 Å².